The van der Waals surface area contributed by atoms with E-state index in [1.807, 2.05) is 0 Å². The van der Waals surface area contributed by atoms with Gasteiger partial charge in [0.2, 0.25) is 0 Å². The van der Waals surface area contributed by atoms with Crippen LogP contribution in [0.15, 0.2) is 22.9 Å². The summed E-state index contributed by atoms with van der Waals surface area (Å²) in [5, 5.41) is 2.52. The number of carbonyl (C=O) groups is 1. The van der Waals surface area contributed by atoms with Crippen molar-refractivity contribution >= 4 is 21.8 Å². The first kappa shape index (κ1) is 8.20. The number of hydrogen-bond donors (Lipinski definition) is 1. The highest BCUT2D eigenvalue weighted by Crippen LogP contribution is 2.07. The first-order valence-corrected chi connectivity index (χ1v) is 3.87. The molecular formula is C7H7BrN2O. The van der Waals surface area contributed by atoms with Crippen molar-refractivity contribution in [3.05, 3.63) is 28.5 Å². The van der Waals surface area contributed by atoms with Gasteiger partial charge in [0, 0.05) is 18.8 Å². The van der Waals surface area contributed by atoms with E-state index in [9.17, 15) is 4.79 Å². The lowest BCUT2D eigenvalue weighted by molar-refractivity contribution is 0.0963. The molecule has 58 valence electrons. The number of halogens is 1. The molecule has 0 fully saturated rings. The van der Waals surface area contributed by atoms with Gasteiger partial charge in [0.05, 0.1) is 0 Å². The SMILES string of the molecule is CNC(=O)c1ccnc(Br)c1. The highest BCUT2D eigenvalue weighted by Gasteiger charge is 2.01. The lowest BCUT2D eigenvalue weighted by Gasteiger charge is -1.97. The predicted octanol–water partition coefficient (Wildman–Crippen LogP) is 1.20. The summed E-state index contributed by atoms with van der Waals surface area (Å²) in [4.78, 5) is 14.9. The highest BCUT2D eigenvalue weighted by atomic mass is 79.9. The summed E-state index contributed by atoms with van der Waals surface area (Å²) >= 11 is 3.17. The lowest BCUT2D eigenvalue weighted by Crippen LogP contribution is -2.17. The zero-order valence-corrected chi connectivity index (χ0v) is 7.55. The standard InChI is InChI=1S/C7H7BrN2O/c1-9-7(11)5-2-3-10-6(8)4-5/h2-4H,1H3,(H,9,11). The largest absolute Gasteiger partial charge is 0.355 e. The smallest absolute Gasteiger partial charge is 0.251 e. The summed E-state index contributed by atoms with van der Waals surface area (Å²) in [5.74, 6) is -0.104. The number of hydrogen-bond acceptors (Lipinski definition) is 2. The molecule has 1 aromatic heterocycles. The number of pyridine rings is 1. The third-order valence-electron chi connectivity index (χ3n) is 1.22. The average Bonchev–Trinajstić information content (AvgIpc) is 2.03. The Morgan fingerprint density at radius 2 is 2.45 bits per heavy atom. The van der Waals surface area contributed by atoms with Gasteiger partial charge in [0.1, 0.15) is 4.60 Å². The molecule has 1 rings (SSSR count). The van der Waals surface area contributed by atoms with Crippen LogP contribution in [0.1, 0.15) is 10.4 Å². The van der Waals surface area contributed by atoms with Gasteiger partial charge in [-0.15, -0.1) is 0 Å². The van der Waals surface area contributed by atoms with Gasteiger partial charge in [-0.05, 0) is 28.1 Å². The first-order chi connectivity index (χ1) is 5.24. The number of amides is 1. The molecule has 0 bridgehead atoms. The van der Waals surface area contributed by atoms with Crippen LogP contribution < -0.4 is 5.32 Å². The van der Waals surface area contributed by atoms with Crippen molar-refractivity contribution in [1.29, 1.82) is 0 Å². The van der Waals surface area contributed by atoms with Crippen LogP contribution in [0.5, 0.6) is 0 Å². The molecule has 0 aliphatic heterocycles. The molecule has 0 atom stereocenters. The molecule has 0 aliphatic carbocycles. The van der Waals surface area contributed by atoms with Gasteiger partial charge < -0.3 is 5.32 Å². The Kier molecular flexibility index (Phi) is 2.59. The van der Waals surface area contributed by atoms with E-state index in [0.29, 0.717) is 10.2 Å². The van der Waals surface area contributed by atoms with Crippen molar-refractivity contribution < 1.29 is 4.79 Å². The molecule has 0 saturated heterocycles. The van der Waals surface area contributed by atoms with Crippen LogP contribution in [0.25, 0.3) is 0 Å². The molecule has 11 heavy (non-hydrogen) atoms. The Morgan fingerprint density at radius 1 is 1.73 bits per heavy atom. The fraction of sp³-hybridized carbons (Fsp3) is 0.143. The van der Waals surface area contributed by atoms with E-state index in [0.717, 1.165) is 0 Å². The van der Waals surface area contributed by atoms with E-state index < -0.39 is 0 Å². The van der Waals surface area contributed by atoms with Gasteiger partial charge >= 0.3 is 0 Å². The van der Waals surface area contributed by atoms with Crippen molar-refractivity contribution in [2.24, 2.45) is 0 Å². The second-order valence-electron chi connectivity index (χ2n) is 1.95. The van der Waals surface area contributed by atoms with Crippen LogP contribution in [0.4, 0.5) is 0 Å². The number of nitrogens with zero attached hydrogens (tertiary/aromatic N) is 1. The van der Waals surface area contributed by atoms with Gasteiger partial charge in [-0.25, -0.2) is 4.98 Å². The molecule has 0 aromatic carbocycles. The number of rotatable bonds is 1. The van der Waals surface area contributed by atoms with Crippen molar-refractivity contribution in [2.75, 3.05) is 7.05 Å². The molecule has 3 nitrogen and oxygen atoms in total. The van der Waals surface area contributed by atoms with Gasteiger partial charge in [0.15, 0.2) is 0 Å². The third kappa shape index (κ3) is 2.01. The fourth-order valence-corrected chi connectivity index (χ4v) is 1.05. The Balaban J connectivity index is 2.96. The van der Waals surface area contributed by atoms with Gasteiger partial charge in [-0.1, -0.05) is 0 Å². The maximum absolute atomic E-state index is 11.0. The zero-order valence-electron chi connectivity index (χ0n) is 5.97. The molecule has 0 aliphatic rings. The molecule has 1 amide bonds. The monoisotopic (exact) mass is 214 g/mol. The summed E-state index contributed by atoms with van der Waals surface area (Å²) in [6.45, 7) is 0. The zero-order chi connectivity index (χ0) is 8.27. The van der Waals surface area contributed by atoms with Crippen LogP contribution in [-0.2, 0) is 0 Å². The van der Waals surface area contributed by atoms with Crippen LogP contribution >= 0.6 is 15.9 Å². The fourth-order valence-electron chi connectivity index (χ4n) is 0.688. The number of nitrogens with one attached hydrogen (secondary N) is 1. The normalized spacial score (nSPS) is 9.27. The van der Waals surface area contributed by atoms with Crippen LogP contribution in [-0.4, -0.2) is 17.9 Å². The van der Waals surface area contributed by atoms with Crippen molar-refractivity contribution in [3.8, 4) is 0 Å². The Hall–Kier alpha value is -0.900. The van der Waals surface area contributed by atoms with Crippen molar-refractivity contribution in [2.45, 2.75) is 0 Å². The second-order valence-corrected chi connectivity index (χ2v) is 2.76. The highest BCUT2D eigenvalue weighted by molar-refractivity contribution is 9.10. The molecule has 0 spiro atoms. The summed E-state index contributed by atoms with van der Waals surface area (Å²) in [5.41, 5.74) is 0.606. The van der Waals surface area contributed by atoms with E-state index in [1.54, 1.807) is 25.4 Å². The summed E-state index contributed by atoms with van der Waals surface area (Å²) in [7, 11) is 1.59. The van der Waals surface area contributed by atoms with Crippen LogP contribution in [0.2, 0.25) is 0 Å². The van der Waals surface area contributed by atoms with Crippen molar-refractivity contribution in [3.63, 3.8) is 0 Å². The van der Waals surface area contributed by atoms with E-state index >= 15 is 0 Å². The van der Waals surface area contributed by atoms with Crippen LogP contribution in [0.3, 0.4) is 0 Å². The molecule has 4 heteroatoms. The summed E-state index contributed by atoms with van der Waals surface area (Å²) in [6.07, 6.45) is 1.58. The van der Waals surface area contributed by atoms with E-state index in [-0.39, 0.29) is 5.91 Å². The minimum absolute atomic E-state index is 0.104. The number of carbonyl (C=O) groups excluding carboxylic acids is 1. The Labute approximate surface area is 73.0 Å². The topological polar surface area (TPSA) is 42.0 Å². The molecule has 0 radical (unpaired) electrons. The second kappa shape index (κ2) is 3.48. The van der Waals surface area contributed by atoms with Crippen molar-refractivity contribution in [1.82, 2.24) is 10.3 Å². The van der Waals surface area contributed by atoms with Gasteiger partial charge in [-0.2, -0.15) is 0 Å². The minimum Gasteiger partial charge on any atom is -0.355 e. The Morgan fingerprint density at radius 3 is 3.00 bits per heavy atom. The molecule has 0 saturated carbocycles. The summed E-state index contributed by atoms with van der Waals surface area (Å²) in [6, 6.07) is 3.32. The third-order valence-corrected chi connectivity index (χ3v) is 1.65. The Bertz CT molecular complexity index is 275. The maximum atomic E-state index is 11.0. The molecule has 1 N–H and O–H groups in total. The van der Waals surface area contributed by atoms with Gasteiger partial charge in [-0.3, -0.25) is 4.79 Å². The molecule has 0 unspecified atom stereocenters. The molecule has 1 aromatic rings. The van der Waals surface area contributed by atoms with E-state index in [1.165, 1.54) is 0 Å². The summed E-state index contributed by atoms with van der Waals surface area (Å²) < 4.78 is 0.665. The average molecular weight is 215 g/mol. The first-order valence-electron chi connectivity index (χ1n) is 3.07. The predicted molar refractivity (Wildman–Crippen MR) is 45.3 cm³/mol. The minimum atomic E-state index is -0.104. The maximum Gasteiger partial charge on any atom is 0.251 e. The molecule has 1 heterocycles. The number of aromatic nitrogens is 1. The van der Waals surface area contributed by atoms with Crippen LogP contribution in [0, 0.1) is 0 Å². The van der Waals surface area contributed by atoms with E-state index in [2.05, 4.69) is 26.2 Å². The van der Waals surface area contributed by atoms with E-state index in [4.69, 9.17) is 0 Å². The lowest BCUT2D eigenvalue weighted by atomic mass is 10.2. The quantitative estimate of drug-likeness (QED) is 0.715. The molecular weight excluding hydrogens is 208 g/mol. The van der Waals surface area contributed by atoms with Gasteiger partial charge in [0.25, 0.3) is 5.91 Å².